The molecule has 0 aliphatic heterocycles. The Bertz CT molecular complexity index is 374. The summed E-state index contributed by atoms with van der Waals surface area (Å²) in [6, 6.07) is 3.16. The lowest BCUT2D eigenvalue weighted by atomic mass is 9.99. The molecule has 0 aromatic rings. The van der Waals surface area contributed by atoms with Crippen molar-refractivity contribution in [3.8, 4) is 12.3 Å². The van der Waals surface area contributed by atoms with Crippen LogP contribution in [0.15, 0.2) is 12.2 Å². The minimum absolute atomic E-state index is 0.344. The van der Waals surface area contributed by atoms with E-state index in [1.807, 2.05) is 0 Å². The molecule has 4 heteroatoms. The van der Waals surface area contributed by atoms with Gasteiger partial charge in [0.2, 0.25) is 0 Å². The maximum Gasteiger partial charge on any atom is 0.193 e. The van der Waals surface area contributed by atoms with Gasteiger partial charge < -0.3 is 14.0 Å². The SMILES string of the molecule is C#CCCOC[C@@H](C)CC(=C)C[C@@H](C=O)O[Si](CC)(CC)CC. The average Bonchev–Trinajstić information content (AvgIpc) is 2.55. The van der Waals surface area contributed by atoms with E-state index in [1.165, 1.54) is 0 Å². The zero-order valence-corrected chi connectivity index (χ0v) is 16.4. The van der Waals surface area contributed by atoms with Crippen LogP contribution < -0.4 is 0 Å². The smallest absolute Gasteiger partial charge is 0.193 e. The highest BCUT2D eigenvalue weighted by molar-refractivity contribution is 6.73. The van der Waals surface area contributed by atoms with E-state index >= 15 is 0 Å². The molecule has 0 radical (unpaired) electrons. The fourth-order valence-electron chi connectivity index (χ4n) is 2.77. The lowest BCUT2D eigenvalue weighted by molar-refractivity contribution is -0.114. The average molecular weight is 339 g/mol. The molecule has 0 rings (SSSR count). The number of hydrogen-bond donors (Lipinski definition) is 0. The Hall–Kier alpha value is -0.893. The first kappa shape index (κ1) is 22.1. The molecule has 0 aromatic carbocycles. The van der Waals surface area contributed by atoms with E-state index in [1.54, 1.807) is 0 Å². The second kappa shape index (κ2) is 12.5. The normalized spacial score (nSPS) is 14.0. The van der Waals surface area contributed by atoms with Crippen molar-refractivity contribution in [3.63, 3.8) is 0 Å². The van der Waals surface area contributed by atoms with Gasteiger partial charge in [0, 0.05) is 13.0 Å². The molecule has 0 aliphatic rings. The fraction of sp³-hybridized carbons (Fsp3) is 0.737. The molecule has 0 unspecified atom stereocenters. The zero-order valence-electron chi connectivity index (χ0n) is 15.4. The Balaban J connectivity index is 4.33. The topological polar surface area (TPSA) is 35.5 Å². The molecular weight excluding hydrogens is 304 g/mol. The highest BCUT2D eigenvalue weighted by atomic mass is 28.4. The first-order valence-electron chi connectivity index (χ1n) is 8.77. The van der Waals surface area contributed by atoms with E-state index in [2.05, 4.69) is 40.2 Å². The minimum Gasteiger partial charge on any atom is -0.407 e. The number of aldehydes is 1. The Labute approximate surface area is 144 Å². The van der Waals surface area contributed by atoms with Crippen molar-refractivity contribution >= 4 is 14.6 Å². The quantitative estimate of drug-likeness (QED) is 0.153. The molecule has 0 aliphatic carbocycles. The van der Waals surface area contributed by atoms with E-state index in [4.69, 9.17) is 15.6 Å². The number of rotatable bonds is 14. The van der Waals surface area contributed by atoms with Gasteiger partial charge in [-0.05, 0) is 36.9 Å². The number of hydrogen-bond acceptors (Lipinski definition) is 3. The Morgan fingerprint density at radius 3 is 2.35 bits per heavy atom. The molecule has 2 atom stereocenters. The summed E-state index contributed by atoms with van der Waals surface area (Å²) >= 11 is 0. The molecule has 0 spiro atoms. The van der Waals surface area contributed by atoms with Crippen molar-refractivity contribution in [2.75, 3.05) is 13.2 Å². The second-order valence-corrected chi connectivity index (χ2v) is 11.1. The van der Waals surface area contributed by atoms with Crippen LogP contribution >= 0.6 is 0 Å². The van der Waals surface area contributed by atoms with Gasteiger partial charge in [-0.2, -0.15) is 0 Å². The molecular formula is C19H34O3Si. The molecule has 3 nitrogen and oxygen atoms in total. The lowest BCUT2D eigenvalue weighted by Crippen LogP contribution is -2.40. The minimum atomic E-state index is -1.75. The molecule has 23 heavy (non-hydrogen) atoms. The van der Waals surface area contributed by atoms with Crippen LogP contribution in [-0.2, 0) is 14.0 Å². The Morgan fingerprint density at radius 2 is 1.87 bits per heavy atom. The Kier molecular flexibility index (Phi) is 12.0. The highest BCUT2D eigenvalue weighted by Crippen LogP contribution is 2.25. The van der Waals surface area contributed by atoms with Gasteiger partial charge in [0.15, 0.2) is 8.32 Å². The molecule has 0 fully saturated rings. The summed E-state index contributed by atoms with van der Waals surface area (Å²) in [5, 5.41) is 0. The zero-order chi connectivity index (χ0) is 17.7. The van der Waals surface area contributed by atoms with Gasteiger partial charge in [0.1, 0.15) is 12.4 Å². The fourth-order valence-corrected chi connectivity index (χ4v) is 5.55. The van der Waals surface area contributed by atoms with Gasteiger partial charge >= 0.3 is 0 Å². The predicted molar refractivity (Wildman–Crippen MR) is 99.9 cm³/mol. The number of terminal acetylenes is 1. The summed E-state index contributed by atoms with van der Waals surface area (Å²) in [6.45, 7) is 14.0. The van der Waals surface area contributed by atoms with Crippen molar-refractivity contribution in [3.05, 3.63) is 12.2 Å². The lowest BCUT2D eigenvalue weighted by Gasteiger charge is -2.31. The Morgan fingerprint density at radius 1 is 1.26 bits per heavy atom. The monoisotopic (exact) mass is 338 g/mol. The maximum absolute atomic E-state index is 11.4. The van der Waals surface area contributed by atoms with Crippen LogP contribution in [0, 0.1) is 18.3 Å². The number of carbonyl (C=O) groups excluding carboxylic acids is 1. The summed E-state index contributed by atoms with van der Waals surface area (Å²) in [4.78, 5) is 11.4. The van der Waals surface area contributed by atoms with Gasteiger partial charge in [0.25, 0.3) is 0 Å². The summed E-state index contributed by atoms with van der Waals surface area (Å²) < 4.78 is 11.8. The number of carbonyl (C=O) groups is 1. The third kappa shape index (κ3) is 9.10. The molecule has 0 heterocycles. The molecule has 132 valence electrons. The van der Waals surface area contributed by atoms with Crippen LogP contribution in [0.3, 0.4) is 0 Å². The molecule has 0 bridgehead atoms. The van der Waals surface area contributed by atoms with Gasteiger partial charge in [-0.3, -0.25) is 0 Å². The molecule has 0 N–H and O–H groups in total. The van der Waals surface area contributed by atoms with Crippen LogP contribution in [0.25, 0.3) is 0 Å². The standard InChI is InChI=1S/C19H34O3Si/c1-7-11-12-21-16-18(6)13-17(5)14-19(15-20)22-23(8-2,9-3)10-4/h1,15,18-19H,5,8-14,16H2,2-4,6H3/t18-,19-/m0/s1. The largest absolute Gasteiger partial charge is 0.407 e. The summed E-state index contributed by atoms with van der Waals surface area (Å²) in [5.41, 5.74) is 1.06. The van der Waals surface area contributed by atoms with Gasteiger partial charge in [-0.15, -0.1) is 12.3 Å². The first-order chi connectivity index (χ1) is 11.0. The van der Waals surface area contributed by atoms with Crippen LogP contribution in [0.1, 0.15) is 47.0 Å². The van der Waals surface area contributed by atoms with Crippen LogP contribution in [0.5, 0.6) is 0 Å². The van der Waals surface area contributed by atoms with E-state index in [-0.39, 0.29) is 6.10 Å². The van der Waals surface area contributed by atoms with E-state index in [0.717, 1.165) is 36.4 Å². The molecule has 0 saturated heterocycles. The maximum atomic E-state index is 11.4. The van der Waals surface area contributed by atoms with Crippen molar-refractivity contribution in [1.82, 2.24) is 0 Å². The predicted octanol–water partition coefficient (Wildman–Crippen LogP) is 4.59. The van der Waals surface area contributed by atoms with Gasteiger partial charge in [-0.1, -0.05) is 39.8 Å². The van der Waals surface area contributed by atoms with Gasteiger partial charge in [-0.25, -0.2) is 0 Å². The van der Waals surface area contributed by atoms with Crippen LogP contribution in [0.2, 0.25) is 18.1 Å². The summed E-state index contributed by atoms with van der Waals surface area (Å²) in [6.07, 6.45) is 7.91. The van der Waals surface area contributed by atoms with Crippen molar-refractivity contribution in [2.45, 2.75) is 71.2 Å². The van der Waals surface area contributed by atoms with Crippen LogP contribution in [0.4, 0.5) is 0 Å². The molecule has 0 aromatic heterocycles. The molecule has 0 amide bonds. The number of ether oxygens (including phenoxy) is 1. The van der Waals surface area contributed by atoms with Crippen LogP contribution in [-0.4, -0.2) is 33.9 Å². The van der Waals surface area contributed by atoms with E-state index < -0.39 is 8.32 Å². The van der Waals surface area contributed by atoms with Crippen molar-refractivity contribution < 1.29 is 14.0 Å². The van der Waals surface area contributed by atoms with Crippen molar-refractivity contribution in [2.24, 2.45) is 5.92 Å². The summed E-state index contributed by atoms with van der Waals surface area (Å²) in [7, 11) is -1.75. The third-order valence-electron chi connectivity index (χ3n) is 4.41. The summed E-state index contributed by atoms with van der Waals surface area (Å²) in [5.74, 6) is 2.93. The third-order valence-corrected chi connectivity index (χ3v) is 9.08. The highest BCUT2D eigenvalue weighted by Gasteiger charge is 2.32. The van der Waals surface area contributed by atoms with Crippen molar-refractivity contribution in [1.29, 1.82) is 0 Å². The van der Waals surface area contributed by atoms with E-state index in [0.29, 0.717) is 32.0 Å². The molecule has 0 saturated carbocycles. The second-order valence-electron chi connectivity index (χ2n) is 6.33. The van der Waals surface area contributed by atoms with Gasteiger partial charge in [0.05, 0.1) is 6.61 Å². The first-order valence-corrected chi connectivity index (χ1v) is 11.3. The van der Waals surface area contributed by atoms with E-state index in [9.17, 15) is 4.79 Å².